The highest BCUT2D eigenvalue weighted by molar-refractivity contribution is 5.31. The van der Waals surface area contributed by atoms with Crippen molar-refractivity contribution in [3.63, 3.8) is 0 Å². The summed E-state index contributed by atoms with van der Waals surface area (Å²) in [5, 5.41) is 8.50. The average molecular weight is 208 g/mol. The van der Waals surface area contributed by atoms with E-state index in [0.717, 1.165) is 0 Å². The molecule has 0 spiro atoms. The first-order valence-corrected chi connectivity index (χ1v) is 4.97. The van der Waals surface area contributed by atoms with Gasteiger partial charge in [-0.25, -0.2) is 4.39 Å². The summed E-state index contributed by atoms with van der Waals surface area (Å²) in [7, 11) is 0. The second kappa shape index (κ2) is 7.10. The number of hydrogen-bond acceptors (Lipinski definition) is 1. The van der Waals surface area contributed by atoms with Gasteiger partial charge in [0.05, 0.1) is 5.41 Å². The van der Waals surface area contributed by atoms with Crippen LogP contribution in [0.15, 0.2) is 11.9 Å². The van der Waals surface area contributed by atoms with E-state index in [2.05, 4.69) is 23.7 Å². The number of halogens is 1. The van der Waals surface area contributed by atoms with Crippen LogP contribution >= 0.6 is 0 Å². The topological polar surface area (TPSA) is 20.2 Å². The van der Waals surface area contributed by atoms with E-state index in [0.29, 0.717) is 12.8 Å². The molecule has 0 aromatic rings. The summed E-state index contributed by atoms with van der Waals surface area (Å²) in [6, 6.07) is 0. The molecule has 0 saturated heterocycles. The van der Waals surface area contributed by atoms with Gasteiger partial charge in [-0.2, -0.15) is 0 Å². The summed E-state index contributed by atoms with van der Waals surface area (Å²) in [5.74, 6) is 10.6. The van der Waals surface area contributed by atoms with Crippen molar-refractivity contribution in [2.75, 3.05) is 6.61 Å². The Hall–Kier alpha value is -1.25. The Morgan fingerprint density at radius 3 is 2.60 bits per heavy atom. The van der Waals surface area contributed by atoms with E-state index in [4.69, 9.17) is 5.11 Å². The van der Waals surface area contributed by atoms with E-state index in [1.54, 1.807) is 20.8 Å². The largest absolute Gasteiger partial charge is 0.396 e. The van der Waals surface area contributed by atoms with Gasteiger partial charge < -0.3 is 5.11 Å². The molecule has 0 heterocycles. The van der Waals surface area contributed by atoms with Crippen LogP contribution in [0.1, 0.15) is 33.6 Å². The Kier molecular flexibility index (Phi) is 6.50. The van der Waals surface area contributed by atoms with Gasteiger partial charge in [-0.3, -0.25) is 0 Å². The highest BCUT2D eigenvalue weighted by Crippen LogP contribution is 2.25. The Labute approximate surface area is 91.4 Å². The third-order valence-electron chi connectivity index (χ3n) is 1.84. The first kappa shape index (κ1) is 13.8. The van der Waals surface area contributed by atoms with Crippen LogP contribution in [-0.4, -0.2) is 11.7 Å². The van der Waals surface area contributed by atoms with Gasteiger partial charge in [-0.15, -0.1) is 0 Å². The van der Waals surface area contributed by atoms with Crippen LogP contribution in [0.4, 0.5) is 4.39 Å². The molecule has 0 aliphatic rings. The second-order valence-electron chi connectivity index (χ2n) is 3.64. The molecule has 1 N–H and O–H groups in total. The van der Waals surface area contributed by atoms with E-state index in [-0.39, 0.29) is 12.4 Å². The second-order valence-corrected chi connectivity index (χ2v) is 3.64. The summed E-state index contributed by atoms with van der Waals surface area (Å²) in [6.45, 7) is 5.21. The van der Waals surface area contributed by atoms with Gasteiger partial charge in [0.25, 0.3) is 0 Å². The third kappa shape index (κ3) is 5.94. The zero-order valence-electron chi connectivity index (χ0n) is 9.52. The van der Waals surface area contributed by atoms with Gasteiger partial charge in [0.15, 0.2) is 0 Å². The Balaban J connectivity index is 4.32. The zero-order chi connectivity index (χ0) is 11.7. The Morgan fingerprint density at radius 1 is 1.40 bits per heavy atom. The molecule has 82 valence electrons. The van der Waals surface area contributed by atoms with E-state index in [9.17, 15) is 4.39 Å². The molecular weight excluding hydrogens is 191 g/mol. The lowest BCUT2D eigenvalue weighted by molar-refractivity contribution is 0.290. The van der Waals surface area contributed by atoms with Crippen molar-refractivity contribution >= 4 is 0 Å². The summed E-state index contributed by atoms with van der Waals surface area (Å²) < 4.78 is 13.2. The van der Waals surface area contributed by atoms with E-state index < -0.39 is 5.41 Å². The van der Waals surface area contributed by atoms with Crippen molar-refractivity contribution in [3.05, 3.63) is 11.9 Å². The quantitative estimate of drug-likeness (QED) is 0.558. The van der Waals surface area contributed by atoms with Crippen LogP contribution in [0.5, 0.6) is 0 Å². The minimum Gasteiger partial charge on any atom is -0.396 e. The maximum Gasteiger partial charge on any atom is 0.113 e. The minimum absolute atomic E-state index is 0.140. The van der Waals surface area contributed by atoms with Crippen molar-refractivity contribution in [1.29, 1.82) is 0 Å². The summed E-state index contributed by atoms with van der Waals surface area (Å²) in [6.07, 6.45) is 2.69. The van der Waals surface area contributed by atoms with Gasteiger partial charge in [-0.1, -0.05) is 17.9 Å². The molecule has 0 amide bonds. The van der Waals surface area contributed by atoms with Crippen molar-refractivity contribution < 1.29 is 9.50 Å². The standard InChI is InChI=1S/C13H17FO/c1-4-12(14)13(2,3)10-8-6-5-7-9-11-15/h4,15H,7,9,11H2,1-3H3/b12-4+. The predicted octanol–water partition coefficient (Wildman–Crippen LogP) is 2.67. The van der Waals surface area contributed by atoms with Crippen LogP contribution in [0.25, 0.3) is 0 Å². The van der Waals surface area contributed by atoms with E-state index in [1.165, 1.54) is 6.08 Å². The molecule has 0 saturated carbocycles. The maximum absolute atomic E-state index is 13.2. The molecule has 0 aliphatic carbocycles. The minimum atomic E-state index is -0.763. The van der Waals surface area contributed by atoms with Crippen LogP contribution in [0.3, 0.4) is 0 Å². The lowest BCUT2D eigenvalue weighted by Gasteiger charge is -2.13. The first-order valence-electron chi connectivity index (χ1n) is 4.97. The molecule has 0 fully saturated rings. The Bertz CT molecular complexity index is 331. The summed E-state index contributed by atoms with van der Waals surface area (Å²) in [4.78, 5) is 0. The fourth-order valence-corrected chi connectivity index (χ4v) is 0.882. The molecule has 2 heteroatoms. The fraction of sp³-hybridized carbons (Fsp3) is 0.538. The molecule has 0 atom stereocenters. The molecule has 0 radical (unpaired) electrons. The van der Waals surface area contributed by atoms with Crippen molar-refractivity contribution in [2.24, 2.45) is 5.41 Å². The van der Waals surface area contributed by atoms with E-state index in [1.807, 2.05) is 0 Å². The van der Waals surface area contributed by atoms with Crippen LogP contribution in [-0.2, 0) is 0 Å². The zero-order valence-corrected chi connectivity index (χ0v) is 9.52. The van der Waals surface area contributed by atoms with Gasteiger partial charge in [0.1, 0.15) is 5.83 Å². The van der Waals surface area contributed by atoms with Crippen molar-refractivity contribution in [2.45, 2.75) is 33.6 Å². The van der Waals surface area contributed by atoms with Crippen molar-refractivity contribution in [3.8, 4) is 23.7 Å². The molecule has 0 aromatic heterocycles. The van der Waals surface area contributed by atoms with Crippen LogP contribution in [0, 0.1) is 29.1 Å². The van der Waals surface area contributed by atoms with Gasteiger partial charge >= 0.3 is 0 Å². The fourth-order valence-electron chi connectivity index (χ4n) is 0.882. The average Bonchev–Trinajstić information content (AvgIpc) is 2.22. The predicted molar refractivity (Wildman–Crippen MR) is 60.5 cm³/mol. The lowest BCUT2D eigenvalue weighted by Crippen LogP contribution is -2.08. The number of unbranched alkanes of at least 4 members (excludes halogenated alkanes) is 1. The maximum atomic E-state index is 13.2. The Morgan fingerprint density at radius 2 is 2.07 bits per heavy atom. The summed E-state index contributed by atoms with van der Waals surface area (Å²) >= 11 is 0. The number of aliphatic hydroxyl groups excluding tert-OH is 1. The number of rotatable bonds is 3. The molecule has 0 bridgehead atoms. The number of aliphatic hydroxyl groups is 1. The molecule has 0 unspecified atom stereocenters. The van der Waals surface area contributed by atoms with Crippen LogP contribution < -0.4 is 0 Å². The third-order valence-corrected chi connectivity index (χ3v) is 1.84. The number of allylic oxidation sites excluding steroid dienone is 2. The highest BCUT2D eigenvalue weighted by Gasteiger charge is 2.19. The summed E-state index contributed by atoms with van der Waals surface area (Å²) in [5.41, 5.74) is -0.763. The molecule has 0 aromatic carbocycles. The van der Waals surface area contributed by atoms with Gasteiger partial charge in [0, 0.05) is 13.0 Å². The van der Waals surface area contributed by atoms with Crippen LogP contribution in [0.2, 0.25) is 0 Å². The smallest absolute Gasteiger partial charge is 0.113 e. The number of hydrogen-bond donors (Lipinski definition) is 1. The normalized spacial score (nSPS) is 11.1. The first-order chi connectivity index (χ1) is 7.04. The highest BCUT2D eigenvalue weighted by atomic mass is 19.1. The molecule has 1 nitrogen and oxygen atoms in total. The molecule has 0 rings (SSSR count). The van der Waals surface area contributed by atoms with Gasteiger partial charge in [0.2, 0.25) is 0 Å². The molecule has 0 aliphatic heterocycles. The van der Waals surface area contributed by atoms with Crippen molar-refractivity contribution in [1.82, 2.24) is 0 Å². The molecule has 15 heavy (non-hydrogen) atoms. The monoisotopic (exact) mass is 208 g/mol. The molecular formula is C13H17FO. The van der Waals surface area contributed by atoms with E-state index >= 15 is 0 Å². The van der Waals surface area contributed by atoms with Gasteiger partial charge in [-0.05, 0) is 39.0 Å². The SMILES string of the molecule is C/C=C(/F)C(C)(C)C#CC#CCCCO. The lowest BCUT2D eigenvalue weighted by atomic mass is 9.92.